The summed E-state index contributed by atoms with van der Waals surface area (Å²) in [5, 5.41) is 2.93. The first-order chi connectivity index (χ1) is 17.3. The summed E-state index contributed by atoms with van der Waals surface area (Å²) in [6.45, 7) is -0.0218. The van der Waals surface area contributed by atoms with E-state index in [0.29, 0.717) is 22.3 Å². The molecule has 0 spiro atoms. The fourth-order valence-corrected chi connectivity index (χ4v) is 4.28. The van der Waals surface area contributed by atoms with Crippen LogP contribution in [0.15, 0.2) is 71.8 Å². The van der Waals surface area contributed by atoms with Gasteiger partial charge in [0.25, 0.3) is 5.56 Å². The van der Waals surface area contributed by atoms with Gasteiger partial charge in [-0.15, -0.1) is 0 Å². The molecule has 0 bridgehead atoms. The Balaban J connectivity index is 1.56. The fourth-order valence-electron chi connectivity index (χ4n) is 4.09. The van der Waals surface area contributed by atoms with Gasteiger partial charge in [-0.2, -0.15) is 0 Å². The number of fused-ring (bicyclic) bond motifs is 3. The SMILES string of the molecule is COc1ccc(Cn2cnc3c4cc(F)ccc4n(CC(=O)Nc4ccc(F)c(Cl)c4)c3c2=O)cc1. The third-order valence-corrected chi connectivity index (χ3v) is 6.10. The first-order valence-electron chi connectivity index (χ1n) is 10.9. The lowest BCUT2D eigenvalue weighted by molar-refractivity contribution is -0.116. The molecule has 1 amide bonds. The van der Waals surface area contributed by atoms with Crippen molar-refractivity contribution in [3.05, 3.63) is 99.6 Å². The summed E-state index contributed by atoms with van der Waals surface area (Å²) in [4.78, 5) is 30.9. The summed E-state index contributed by atoms with van der Waals surface area (Å²) in [7, 11) is 1.57. The summed E-state index contributed by atoms with van der Waals surface area (Å²) in [6, 6.07) is 15.1. The van der Waals surface area contributed by atoms with Crippen molar-refractivity contribution in [3.8, 4) is 5.75 Å². The maximum atomic E-state index is 14.1. The average molecular weight is 509 g/mol. The number of carbonyl (C=O) groups excluding carboxylic acids is 1. The van der Waals surface area contributed by atoms with Crippen molar-refractivity contribution in [1.82, 2.24) is 14.1 Å². The van der Waals surface area contributed by atoms with Crippen LogP contribution in [0.4, 0.5) is 14.5 Å². The lowest BCUT2D eigenvalue weighted by atomic mass is 10.2. The van der Waals surface area contributed by atoms with E-state index in [-0.39, 0.29) is 34.7 Å². The van der Waals surface area contributed by atoms with E-state index >= 15 is 0 Å². The van der Waals surface area contributed by atoms with Crippen LogP contribution in [0.1, 0.15) is 5.56 Å². The van der Waals surface area contributed by atoms with Gasteiger partial charge >= 0.3 is 0 Å². The van der Waals surface area contributed by atoms with Crippen molar-refractivity contribution < 1.29 is 18.3 Å². The average Bonchev–Trinajstić information content (AvgIpc) is 3.16. The summed E-state index contributed by atoms with van der Waals surface area (Å²) in [5.74, 6) is -0.889. The Hall–Kier alpha value is -4.24. The van der Waals surface area contributed by atoms with E-state index in [4.69, 9.17) is 16.3 Å². The largest absolute Gasteiger partial charge is 0.497 e. The zero-order valence-electron chi connectivity index (χ0n) is 19.0. The number of hydrogen-bond acceptors (Lipinski definition) is 4. The molecule has 10 heteroatoms. The number of benzene rings is 3. The van der Waals surface area contributed by atoms with Gasteiger partial charge in [0.2, 0.25) is 5.91 Å². The normalized spacial score (nSPS) is 11.2. The lowest BCUT2D eigenvalue weighted by Gasteiger charge is -2.10. The molecular weight excluding hydrogens is 490 g/mol. The van der Waals surface area contributed by atoms with Crippen molar-refractivity contribution in [2.45, 2.75) is 13.1 Å². The predicted octanol–water partition coefficient (Wildman–Crippen LogP) is 4.98. The highest BCUT2D eigenvalue weighted by Gasteiger charge is 2.19. The molecular formula is C26H19ClF2N4O3. The second kappa shape index (κ2) is 9.43. The number of amides is 1. The molecule has 0 fully saturated rings. The molecule has 36 heavy (non-hydrogen) atoms. The van der Waals surface area contributed by atoms with Crippen molar-refractivity contribution in [1.29, 1.82) is 0 Å². The summed E-state index contributed by atoms with van der Waals surface area (Å²) in [5.41, 5.74) is 1.69. The van der Waals surface area contributed by atoms with Gasteiger partial charge < -0.3 is 14.6 Å². The van der Waals surface area contributed by atoms with Crippen molar-refractivity contribution in [2.75, 3.05) is 12.4 Å². The second-order valence-electron chi connectivity index (χ2n) is 8.15. The zero-order chi connectivity index (χ0) is 25.4. The fraction of sp³-hybridized carbons (Fsp3) is 0.115. The Morgan fingerprint density at radius 2 is 1.86 bits per heavy atom. The first kappa shape index (κ1) is 23.5. The highest BCUT2D eigenvalue weighted by Crippen LogP contribution is 2.27. The minimum absolute atomic E-state index is 0.134. The Bertz CT molecular complexity index is 1680. The summed E-state index contributed by atoms with van der Waals surface area (Å²) >= 11 is 5.81. The Morgan fingerprint density at radius 1 is 1.08 bits per heavy atom. The van der Waals surface area contributed by atoms with Crippen LogP contribution in [0.3, 0.4) is 0 Å². The molecule has 0 aliphatic carbocycles. The van der Waals surface area contributed by atoms with Crippen LogP contribution in [0.2, 0.25) is 5.02 Å². The van der Waals surface area contributed by atoms with Crippen LogP contribution in [-0.4, -0.2) is 27.1 Å². The van der Waals surface area contributed by atoms with E-state index < -0.39 is 17.5 Å². The molecule has 182 valence electrons. The highest BCUT2D eigenvalue weighted by atomic mass is 35.5. The number of nitrogens with zero attached hydrogens (tertiary/aromatic N) is 3. The van der Waals surface area contributed by atoms with E-state index in [2.05, 4.69) is 10.3 Å². The number of ether oxygens (including phenoxy) is 1. The number of carbonyl (C=O) groups is 1. The molecule has 5 aromatic rings. The van der Waals surface area contributed by atoms with Gasteiger partial charge in [-0.1, -0.05) is 23.7 Å². The quantitative estimate of drug-likeness (QED) is 0.351. The minimum Gasteiger partial charge on any atom is -0.497 e. The number of anilines is 1. The molecule has 0 aliphatic heterocycles. The molecule has 2 heterocycles. The third kappa shape index (κ3) is 4.40. The molecule has 3 aromatic carbocycles. The van der Waals surface area contributed by atoms with Gasteiger partial charge in [0.05, 0.1) is 30.5 Å². The predicted molar refractivity (Wildman–Crippen MR) is 134 cm³/mol. The summed E-state index contributed by atoms with van der Waals surface area (Å²) in [6.07, 6.45) is 1.41. The standard InChI is InChI=1S/C26H19ClF2N4O3/c1-36-18-6-2-15(3-7-18)12-32-14-30-24-19-10-16(28)4-9-22(19)33(25(24)26(32)35)13-23(34)31-17-5-8-21(29)20(27)11-17/h2-11,14H,12-13H2,1H3,(H,31,34). The van der Waals surface area contributed by atoms with E-state index in [1.807, 2.05) is 12.1 Å². The number of methoxy groups -OCH3 is 1. The van der Waals surface area contributed by atoms with E-state index in [0.717, 1.165) is 11.6 Å². The van der Waals surface area contributed by atoms with Gasteiger partial charge in [0.15, 0.2) is 0 Å². The van der Waals surface area contributed by atoms with Crippen LogP contribution < -0.4 is 15.6 Å². The van der Waals surface area contributed by atoms with Gasteiger partial charge in [0.1, 0.15) is 35.0 Å². The third-order valence-electron chi connectivity index (χ3n) is 5.81. The molecule has 0 atom stereocenters. The zero-order valence-corrected chi connectivity index (χ0v) is 19.7. The van der Waals surface area contributed by atoms with Crippen LogP contribution in [-0.2, 0) is 17.9 Å². The summed E-state index contributed by atoms with van der Waals surface area (Å²) < 4.78 is 35.6. The lowest BCUT2D eigenvalue weighted by Crippen LogP contribution is -2.25. The van der Waals surface area contributed by atoms with E-state index in [1.54, 1.807) is 19.2 Å². The number of hydrogen-bond donors (Lipinski definition) is 1. The Labute approximate surface area is 208 Å². The maximum Gasteiger partial charge on any atom is 0.278 e. The molecule has 0 radical (unpaired) electrons. The smallest absolute Gasteiger partial charge is 0.278 e. The van der Waals surface area contributed by atoms with Gasteiger partial charge in [-0.05, 0) is 54.1 Å². The number of rotatable bonds is 6. The number of halogens is 3. The van der Waals surface area contributed by atoms with Crippen LogP contribution in [0.5, 0.6) is 5.75 Å². The highest BCUT2D eigenvalue weighted by molar-refractivity contribution is 6.31. The van der Waals surface area contributed by atoms with Crippen LogP contribution in [0.25, 0.3) is 21.9 Å². The van der Waals surface area contributed by atoms with Gasteiger partial charge in [-0.3, -0.25) is 14.2 Å². The molecule has 0 saturated carbocycles. The van der Waals surface area contributed by atoms with Gasteiger partial charge in [0, 0.05) is 11.1 Å². The van der Waals surface area contributed by atoms with E-state index in [9.17, 15) is 18.4 Å². The Morgan fingerprint density at radius 3 is 2.58 bits per heavy atom. The van der Waals surface area contributed by atoms with Crippen molar-refractivity contribution in [3.63, 3.8) is 0 Å². The van der Waals surface area contributed by atoms with Gasteiger partial charge in [-0.25, -0.2) is 13.8 Å². The van der Waals surface area contributed by atoms with Crippen molar-refractivity contribution in [2.24, 2.45) is 0 Å². The molecule has 5 rings (SSSR count). The monoisotopic (exact) mass is 508 g/mol. The number of aromatic nitrogens is 3. The van der Waals surface area contributed by atoms with E-state index in [1.165, 1.54) is 45.8 Å². The van der Waals surface area contributed by atoms with Crippen LogP contribution in [0, 0.1) is 11.6 Å². The van der Waals surface area contributed by atoms with Crippen molar-refractivity contribution >= 4 is 45.1 Å². The number of nitrogens with one attached hydrogen (secondary N) is 1. The topological polar surface area (TPSA) is 78.2 Å². The molecule has 0 aliphatic rings. The molecule has 0 saturated heterocycles. The molecule has 0 unspecified atom stereocenters. The maximum absolute atomic E-state index is 14.1. The molecule has 1 N–H and O–H groups in total. The minimum atomic E-state index is -0.609. The van der Waals surface area contributed by atoms with Crippen LogP contribution >= 0.6 is 11.6 Å². The first-order valence-corrected chi connectivity index (χ1v) is 11.3. The second-order valence-corrected chi connectivity index (χ2v) is 8.55. The molecule has 7 nitrogen and oxygen atoms in total. The Kier molecular flexibility index (Phi) is 6.15. The molecule has 2 aromatic heterocycles.